The molecule has 1 unspecified atom stereocenters. The minimum atomic E-state index is -0.0717. The highest BCUT2D eigenvalue weighted by Gasteiger charge is 2.26. The Kier molecular flexibility index (Phi) is 5.19. The SMILES string of the molecule is CC(=O)N(CC(=O)NCC1CCCO1)C1CCCC1. The van der Waals surface area contributed by atoms with E-state index in [0.717, 1.165) is 45.1 Å². The first-order valence-electron chi connectivity index (χ1n) is 7.32. The van der Waals surface area contributed by atoms with Gasteiger partial charge in [0.2, 0.25) is 11.8 Å². The second kappa shape index (κ2) is 6.89. The second-order valence-corrected chi connectivity index (χ2v) is 5.52. The van der Waals surface area contributed by atoms with Crippen molar-refractivity contribution in [1.29, 1.82) is 0 Å². The average molecular weight is 268 g/mol. The zero-order valence-electron chi connectivity index (χ0n) is 11.7. The van der Waals surface area contributed by atoms with Crippen LogP contribution in [0.5, 0.6) is 0 Å². The van der Waals surface area contributed by atoms with Crippen LogP contribution < -0.4 is 5.32 Å². The Morgan fingerprint density at radius 3 is 2.53 bits per heavy atom. The van der Waals surface area contributed by atoms with Gasteiger partial charge in [0.1, 0.15) is 0 Å². The molecule has 0 spiro atoms. The third-order valence-electron chi connectivity index (χ3n) is 4.03. The van der Waals surface area contributed by atoms with Crippen molar-refractivity contribution in [2.24, 2.45) is 0 Å². The molecule has 19 heavy (non-hydrogen) atoms. The summed E-state index contributed by atoms with van der Waals surface area (Å²) in [6.45, 7) is 3.09. The molecule has 2 rings (SSSR count). The lowest BCUT2D eigenvalue weighted by Crippen LogP contribution is -2.45. The van der Waals surface area contributed by atoms with Gasteiger partial charge in [-0.3, -0.25) is 9.59 Å². The Morgan fingerprint density at radius 1 is 1.21 bits per heavy atom. The predicted molar refractivity (Wildman–Crippen MR) is 71.6 cm³/mol. The molecule has 1 saturated carbocycles. The molecule has 5 heteroatoms. The topological polar surface area (TPSA) is 58.6 Å². The fourth-order valence-corrected chi connectivity index (χ4v) is 2.96. The lowest BCUT2D eigenvalue weighted by molar-refractivity contribution is -0.136. The van der Waals surface area contributed by atoms with E-state index in [1.54, 1.807) is 11.8 Å². The van der Waals surface area contributed by atoms with E-state index < -0.39 is 0 Å². The summed E-state index contributed by atoms with van der Waals surface area (Å²) in [5.41, 5.74) is 0. The molecule has 0 bridgehead atoms. The van der Waals surface area contributed by atoms with Gasteiger partial charge in [-0.05, 0) is 25.7 Å². The first-order chi connectivity index (χ1) is 9.16. The molecule has 1 aliphatic heterocycles. The fraction of sp³-hybridized carbons (Fsp3) is 0.857. The van der Waals surface area contributed by atoms with Gasteiger partial charge in [-0.25, -0.2) is 0 Å². The van der Waals surface area contributed by atoms with Crippen molar-refractivity contribution in [3.05, 3.63) is 0 Å². The molecule has 0 aromatic carbocycles. The molecule has 5 nitrogen and oxygen atoms in total. The van der Waals surface area contributed by atoms with E-state index in [-0.39, 0.29) is 30.5 Å². The number of carbonyl (C=O) groups is 2. The molecule has 0 aromatic heterocycles. The van der Waals surface area contributed by atoms with Crippen LogP contribution in [-0.2, 0) is 14.3 Å². The van der Waals surface area contributed by atoms with Gasteiger partial charge in [-0.2, -0.15) is 0 Å². The lowest BCUT2D eigenvalue weighted by atomic mass is 10.2. The molecule has 2 aliphatic rings. The number of amides is 2. The van der Waals surface area contributed by atoms with E-state index in [1.807, 2.05) is 0 Å². The van der Waals surface area contributed by atoms with Crippen molar-refractivity contribution in [2.75, 3.05) is 19.7 Å². The molecular weight excluding hydrogens is 244 g/mol. The number of nitrogens with zero attached hydrogens (tertiary/aromatic N) is 1. The van der Waals surface area contributed by atoms with Crippen molar-refractivity contribution in [1.82, 2.24) is 10.2 Å². The highest BCUT2D eigenvalue weighted by molar-refractivity contribution is 5.84. The number of rotatable bonds is 5. The number of carbonyl (C=O) groups excluding carboxylic acids is 2. The van der Waals surface area contributed by atoms with Crippen molar-refractivity contribution in [3.63, 3.8) is 0 Å². The summed E-state index contributed by atoms with van der Waals surface area (Å²) in [7, 11) is 0. The monoisotopic (exact) mass is 268 g/mol. The molecule has 0 radical (unpaired) electrons. The van der Waals surface area contributed by atoms with Crippen molar-refractivity contribution >= 4 is 11.8 Å². The molecule has 108 valence electrons. The first kappa shape index (κ1) is 14.3. The van der Waals surface area contributed by atoms with Crippen LogP contribution in [0.1, 0.15) is 45.4 Å². The van der Waals surface area contributed by atoms with Crippen LogP contribution in [0.4, 0.5) is 0 Å². The third-order valence-corrected chi connectivity index (χ3v) is 4.03. The van der Waals surface area contributed by atoms with Crippen molar-refractivity contribution in [3.8, 4) is 0 Å². The van der Waals surface area contributed by atoms with E-state index in [0.29, 0.717) is 6.54 Å². The molecule has 1 heterocycles. The quantitative estimate of drug-likeness (QED) is 0.811. The summed E-state index contributed by atoms with van der Waals surface area (Å²) < 4.78 is 5.46. The Balaban J connectivity index is 1.75. The van der Waals surface area contributed by atoms with Gasteiger partial charge in [0, 0.05) is 26.1 Å². The summed E-state index contributed by atoms with van der Waals surface area (Å²) in [5.74, 6) is -0.0724. The first-order valence-corrected chi connectivity index (χ1v) is 7.32. The van der Waals surface area contributed by atoms with Gasteiger partial charge in [0.25, 0.3) is 0 Å². The highest BCUT2D eigenvalue weighted by atomic mass is 16.5. The molecule has 1 aliphatic carbocycles. The van der Waals surface area contributed by atoms with Crippen LogP contribution in [-0.4, -0.2) is 48.6 Å². The van der Waals surface area contributed by atoms with Crippen LogP contribution in [0.15, 0.2) is 0 Å². The predicted octanol–water partition coefficient (Wildman–Crippen LogP) is 1.07. The maximum absolute atomic E-state index is 11.9. The van der Waals surface area contributed by atoms with E-state index in [2.05, 4.69) is 5.32 Å². The molecule has 2 amide bonds. The zero-order chi connectivity index (χ0) is 13.7. The molecule has 1 atom stereocenters. The molecule has 1 N–H and O–H groups in total. The Bertz CT molecular complexity index is 321. The minimum Gasteiger partial charge on any atom is -0.376 e. The number of nitrogens with one attached hydrogen (secondary N) is 1. The summed E-state index contributed by atoms with van der Waals surface area (Å²) in [5, 5.41) is 2.88. The van der Waals surface area contributed by atoms with Gasteiger partial charge in [-0.1, -0.05) is 12.8 Å². The Hall–Kier alpha value is -1.10. The van der Waals surface area contributed by atoms with Crippen LogP contribution in [0.3, 0.4) is 0 Å². The Morgan fingerprint density at radius 2 is 1.95 bits per heavy atom. The van der Waals surface area contributed by atoms with E-state index in [4.69, 9.17) is 4.74 Å². The average Bonchev–Trinajstić information content (AvgIpc) is 3.05. The number of hydrogen-bond donors (Lipinski definition) is 1. The third kappa shape index (κ3) is 4.20. The van der Waals surface area contributed by atoms with Crippen LogP contribution in [0.2, 0.25) is 0 Å². The number of ether oxygens (including phenoxy) is 1. The number of hydrogen-bond acceptors (Lipinski definition) is 3. The molecular formula is C14H24N2O3. The molecule has 1 saturated heterocycles. The normalized spacial score (nSPS) is 23.5. The minimum absolute atomic E-state index is 0.000772. The lowest BCUT2D eigenvalue weighted by Gasteiger charge is -2.27. The maximum Gasteiger partial charge on any atom is 0.239 e. The summed E-state index contributed by atoms with van der Waals surface area (Å²) in [4.78, 5) is 25.3. The highest BCUT2D eigenvalue weighted by Crippen LogP contribution is 2.23. The van der Waals surface area contributed by atoms with Crippen molar-refractivity contribution < 1.29 is 14.3 Å². The smallest absolute Gasteiger partial charge is 0.239 e. The fourth-order valence-electron chi connectivity index (χ4n) is 2.96. The van der Waals surface area contributed by atoms with Gasteiger partial charge in [0.05, 0.1) is 12.6 Å². The maximum atomic E-state index is 11.9. The summed E-state index contributed by atoms with van der Waals surface area (Å²) >= 11 is 0. The largest absolute Gasteiger partial charge is 0.376 e. The van der Waals surface area contributed by atoms with Gasteiger partial charge >= 0.3 is 0 Å². The zero-order valence-corrected chi connectivity index (χ0v) is 11.7. The van der Waals surface area contributed by atoms with Crippen LogP contribution in [0.25, 0.3) is 0 Å². The van der Waals surface area contributed by atoms with Gasteiger partial charge < -0.3 is 15.0 Å². The van der Waals surface area contributed by atoms with Crippen LogP contribution >= 0.6 is 0 Å². The van der Waals surface area contributed by atoms with Gasteiger partial charge in [-0.15, -0.1) is 0 Å². The molecule has 2 fully saturated rings. The molecule has 0 aromatic rings. The van der Waals surface area contributed by atoms with Crippen LogP contribution in [0, 0.1) is 0 Å². The second-order valence-electron chi connectivity index (χ2n) is 5.52. The standard InChI is InChI=1S/C14H24N2O3/c1-11(17)16(12-5-2-3-6-12)10-14(18)15-9-13-7-4-8-19-13/h12-13H,2-10H2,1H3,(H,15,18). The van der Waals surface area contributed by atoms with E-state index in [9.17, 15) is 9.59 Å². The van der Waals surface area contributed by atoms with Crippen molar-refractivity contribution in [2.45, 2.75) is 57.6 Å². The van der Waals surface area contributed by atoms with Gasteiger partial charge in [0.15, 0.2) is 0 Å². The Labute approximate surface area is 114 Å². The summed E-state index contributed by atoms with van der Waals surface area (Å²) in [6, 6.07) is 0.256. The van der Waals surface area contributed by atoms with E-state index >= 15 is 0 Å². The van der Waals surface area contributed by atoms with E-state index in [1.165, 1.54) is 0 Å². The summed E-state index contributed by atoms with van der Waals surface area (Å²) in [6.07, 6.45) is 6.61.